The minimum atomic E-state index is -0.160. The Kier molecular flexibility index (Phi) is 6.84. The molecular weight excluding hydrogens is 293 g/mol. The van der Waals surface area contributed by atoms with Crippen molar-refractivity contribution in [3.05, 3.63) is 35.1 Å². The summed E-state index contributed by atoms with van der Waals surface area (Å²) < 4.78 is 18.7. The Balaban J connectivity index is 1.80. The van der Waals surface area contributed by atoms with E-state index in [2.05, 4.69) is 22.3 Å². The van der Waals surface area contributed by atoms with Crippen LogP contribution in [0.5, 0.6) is 0 Å². The molecule has 0 radical (unpaired) electrons. The SMILES string of the molecule is CN=C(NCc1ccc(F)c(C)c1)N(C)CCC1CCOCC1. The maximum absolute atomic E-state index is 13.3. The van der Waals surface area contributed by atoms with Gasteiger partial charge in [0.1, 0.15) is 5.82 Å². The van der Waals surface area contributed by atoms with Crippen molar-refractivity contribution in [2.45, 2.75) is 32.7 Å². The predicted molar refractivity (Wildman–Crippen MR) is 92.1 cm³/mol. The van der Waals surface area contributed by atoms with Gasteiger partial charge in [0.15, 0.2) is 5.96 Å². The molecule has 1 fully saturated rings. The Morgan fingerprint density at radius 1 is 1.39 bits per heavy atom. The van der Waals surface area contributed by atoms with Gasteiger partial charge in [0.25, 0.3) is 0 Å². The van der Waals surface area contributed by atoms with Crippen LogP contribution in [0.4, 0.5) is 4.39 Å². The van der Waals surface area contributed by atoms with E-state index in [9.17, 15) is 4.39 Å². The Morgan fingerprint density at radius 2 is 2.13 bits per heavy atom. The van der Waals surface area contributed by atoms with Crippen LogP contribution in [0.25, 0.3) is 0 Å². The normalized spacial score (nSPS) is 16.4. The summed E-state index contributed by atoms with van der Waals surface area (Å²) in [6.07, 6.45) is 3.49. The number of hydrogen-bond acceptors (Lipinski definition) is 2. The van der Waals surface area contributed by atoms with Gasteiger partial charge in [0.2, 0.25) is 0 Å². The molecule has 0 aromatic heterocycles. The second-order valence-corrected chi connectivity index (χ2v) is 6.25. The summed E-state index contributed by atoms with van der Waals surface area (Å²) >= 11 is 0. The number of guanidine groups is 1. The zero-order valence-electron chi connectivity index (χ0n) is 14.4. The molecule has 2 rings (SSSR count). The molecule has 5 heteroatoms. The van der Waals surface area contributed by atoms with Gasteiger partial charge in [0, 0.05) is 40.4 Å². The first-order valence-electron chi connectivity index (χ1n) is 8.34. The summed E-state index contributed by atoms with van der Waals surface area (Å²) in [5.74, 6) is 1.47. The number of aryl methyl sites for hydroxylation is 1. The van der Waals surface area contributed by atoms with Crippen LogP contribution in [0.2, 0.25) is 0 Å². The summed E-state index contributed by atoms with van der Waals surface area (Å²) in [7, 11) is 3.85. The quantitative estimate of drug-likeness (QED) is 0.669. The van der Waals surface area contributed by atoms with E-state index < -0.39 is 0 Å². The average molecular weight is 321 g/mol. The van der Waals surface area contributed by atoms with E-state index in [1.807, 2.05) is 12.1 Å². The maximum atomic E-state index is 13.3. The fourth-order valence-corrected chi connectivity index (χ4v) is 2.90. The van der Waals surface area contributed by atoms with Crippen LogP contribution < -0.4 is 5.32 Å². The molecule has 0 unspecified atom stereocenters. The molecule has 1 aromatic rings. The van der Waals surface area contributed by atoms with E-state index >= 15 is 0 Å². The van der Waals surface area contributed by atoms with Crippen molar-refractivity contribution in [3.8, 4) is 0 Å². The van der Waals surface area contributed by atoms with Crippen molar-refractivity contribution in [2.24, 2.45) is 10.9 Å². The molecule has 1 aromatic carbocycles. The molecule has 0 atom stereocenters. The zero-order chi connectivity index (χ0) is 16.7. The van der Waals surface area contributed by atoms with Gasteiger partial charge in [-0.1, -0.05) is 12.1 Å². The maximum Gasteiger partial charge on any atom is 0.193 e. The summed E-state index contributed by atoms with van der Waals surface area (Å²) in [5, 5.41) is 3.35. The van der Waals surface area contributed by atoms with Crippen molar-refractivity contribution in [2.75, 3.05) is 33.9 Å². The van der Waals surface area contributed by atoms with Gasteiger partial charge < -0.3 is 15.0 Å². The standard InChI is InChI=1S/C18H28FN3O/c1-14-12-16(4-5-17(14)19)13-21-18(20-2)22(3)9-6-15-7-10-23-11-8-15/h4-5,12,15H,6-11,13H2,1-3H3,(H,20,21). The molecule has 1 saturated heterocycles. The first-order valence-corrected chi connectivity index (χ1v) is 8.34. The van der Waals surface area contributed by atoms with E-state index in [0.29, 0.717) is 12.1 Å². The fourth-order valence-electron chi connectivity index (χ4n) is 2.90. The van der Waals surface area contributed by atoms with E-state index in [1.165, 1.54) is 6.07 Å². The second kappa shape index (κ2) is 8.87. The lowest BCUT2D eigenvalue weighted by atomic mass is 9.96. The van der Waals surface area contributed by atoms with Crippen LogP contribution in [-0.4, -0.2) is 44.7 Å². The van der Waals surface area contributed by atoms with Crippen LogP contribution in [-0.2, 0) is 11.3 Å². The van der Waals surface area contributed by atoms with Gasteiger partial charge in [-0.3, -0.25) is 4.99 Å². The van der Waals surface area contributed by atoms with Crippen LogP contribution in [0.3, 0.4) is 0 Å². The first kappa shape index (κ1) is 17.7. The van der Waals surface area contributed by atoms with Gasteiger partial charge in [-0.15, -0.1) is 0 Å². The van der Waals surface area contributed by atoms with Gasteiger partial charge in [-0.2, -0.15) is 0 Å². The van der Waals surface area contributed by atoms with Crippen molar-refractivity contribution in [3.63, 3.8) is 0 Å². The van der Waals surface area contributed by atoms with Gasteiger partial charge in [0.05, 0.1) is 0 Å². The molecule has 0 amide bonds. The molecule has 1 aliphatic rings. The molecule has 128 valence electrons. The number of aliphatic imine (C=N–C) groups is 1. The first-order chi connectivity index (χ1) is 11.1. The number of halogens is 1. The Morgan fingerprint density at radius 3 is 2.78 bits per heavy atom. The lowest BCUT2D eigenvalue weighted by molar-refractivity contribution is 0.0625. The van der Waals surface area contributed by atoms with Crippen LogP contribution in [0.15, 0.2) is 23.2 Å². The van der Waals surface area contributed by atoms with Crippen molar-refractivity contribution in [1.29, 1.82) is 0 Å². The third kappa shape index (κ3) is 5.50. The van der Waals surface area contributed by atoms with E-state index in [-0.39, 0.29) is 5.82 Å². The average Bonchev–Trinajstić information content (AvgIpc) is 2.57. The third-order valence-electron chi connectivity index (χ3n) is 4.46. The highest BCUT2D eigenvalue weighted by Crippen LogP contribution is 2.18. The summed E-state index contributed by atoms with van der Waals surface area (Å²) in [5.41, 5.74) is 1.73. The topological polar surface area (TPSA) is 36.9 Å². The lowest BCUT2D eigenvalue weighted by Crippen LogP contribution is -2.39. The molecule has 1 N–H and O–H groups in total. The highest BCUT2D eigenvalue weighted by Gasteiger charge is 2.15. The van der Waals surface area contributed by atoms with Crippen LogP contribution >= 0.6 is 0 Å². The highest BCUT2D eigenvalue weighted by atomic mass is 19.1. The molecular formula is C18H28FN3O. The highest BCUT2D eigenvalue weighted by molar-refractivity contribution is 5.79. The largest absolute Gasteiger partial charge is 0.381 e. The van der Waals surface area contributed by atoms with Crippen molar-refractivity contribution in [1.82, 2.24) is 10.2 Å². The monoisotopic (exact) mass is 321 g/mol. The minimum Gasteiger partial charge on any atom is -0.381 e. The van der Waals surface area contributed by atoms with Gasteiger partial charge in [-0.05, 0) is 49.3 Å². The van der Waals surface area contributed by atoms with Gasteiger partial charge >= 0.3 is 0 Å². The Labute approximate surface area is 138 Å². The Bertz CT molecular complexity index is 527. The van der Waals surface area contributed by atoms with Gasteiger partial charge in [-0.25, -0.2) is 4.39 Å². The molecule has 1 heterocycles. The Hall–Kier alpha value is -1.62. The fraction of sp³-hybridized carbons (Fsp3) is 0.611. The zero-order valence-corrected chi connectivity index (χ0v) is 14.4. The molecule has 0 bridgehead atoms. The second-order valence-electron chi connectivity index (χ2n) is 6.25. The van der Waals surface area contributed by atoms with Crippen LogP contribution in [0.1, 0.15) is 30.4 Å². The third-order valence-corrected chi connectivity index (χ3v) is 4.46. The van der Waals surface area contributed by atoms with Crippen molar-refractivity contribution >= 4 is 5.96 Å². The minimum absolute atomic E-state index is 0.160. The molecule has 4 nitrogen and oxygen atoms in total. The van der Waals surface area contributed by atoms with E-state index in [1.54, 1.807) is 14.0 Å². The number of rotatable bonds is 5. The van der Waals surface area contributed by atoms with E-state index in [4.69, 9.17) is 4.74 Å². The smallest absolute Gasteiger partial charge is 0.193 e. The number of ether oxygens (including phenoxy) is 1. The number of hydrogen-bond donors (Lipinski definition) is 1. The molecule has 0 spiro atoms. The summed E-state index contributed by atoms with van der Waals surface area (Å²) in [4.78, 5) is 6.50. The van der Waals surface area contributed by atoms with E-state index in [0.717, 1.165) is 56.5 Å². The lowest BCUT2D eigenvalue weighted by Gasteiger charge is -2.26. The van der Waals surface area contributed by atoms with Crippen LogP contribution in [0, 0.1) is 18.7 Å². The molecule has 0 aliphatic carbocycles. The summed E-state index contributed by atoms with van der Waals surface area (Å²) in [6.45, 7) is 5.20. The summed E-state index contributed by atoms with van der Waals surface area (Å²) in [6, 6.07) is 5.20. The number of nitrogens with one attached hydrogen (secondary N) is 1. The molecule has 23 heavy (non-hydrogen) atoms. The van der Waals surface area contributed by atoms with Crippen molar-refractivity contribution < 1.29 is 9.13 Å². The number of benzene rings is 1. The number of nitrogens with zero attached hydrogens (tertiary/aromatic N) is 2. The predicted octanol–water partition coefficient (Wildman–Crippen LogP) is 2.96. The molecule has 1 aliphatic heterocycles. The molecule has 0 saturated carbocycles.